The Morgan fingerprint density at radius 3 is 3.00 bits per heavy atom. The van der Waals surface area contributed by atoms with Gasteiger partial charge in [-0.05, 0) is 34.5 Å². The van der Waals surface area contributed by atoms with Crippen LogP contribution >= 0.6 is 15.9 Å². The monoisotopic (exact) mass is 283 g/mol. The number of furan rings is 1. The van der Waals surface area contributed by atoms with Crippen molar-refractivity contribution in [2.24, 2.45) is 0 Å². The largest absolute Gasteiger partial charge is 0.453 e. The molecule has 0 fully saturated rings. The van der Waals surface area contributed by atoms with Crippen molar-refractivity contribution in [1.82, 2.24) is 15.3 Å². The molecule has 16 heavy (non-hydrogen) atoms. The van der Waals surface area contributed by atoms with Crippen molar-refractivity contribution in [2.45, 2.75) is 25.9 Å². The second-order valence-corrected chi connectivity index (χ2v) is 4.30. The van der Waals surface area contributed by atoms with E-state index in [-0.39, 0.29) is 6.04 Å². The number of nitrogens with one attached hydrogen (secondary N) is 2. The molecule has 1 atom stereocenters. The minimum Gasteiger partial charge on any atom is -0.453 e. The fraction of sp³-hybridized carbons (Fsp3) is 0.364. The van der Waals surface area contributed by atoms with Gasteiger partial charge in [0.25, 0.3) is 0 Å². The summed E-state index contributed by atoms with van der Waals surface area (Å²) < 4.78 is 6.18. The highest BCUT2D eigenvalue weighted by Gasteiger charge is 2.11. The Balaban J connectivity index is 1.93. The number of aromatic amines is 1. The van der Waals surface area contributed by atoms with E-state index in [4.69, 9.17) is 4.42 Å². The molecule has 2 N–H and O–H groups in total. The van der Waals surface area contributed by atoms with Crippen LogP contribution in [0.25, 0.3) is 0 Å². The Kier molecular flexibility index (Phi) is 3.79. The molecule has 0 aliphatic rings. The molecule has 5 heteroatoms. The fourth-order valence-electron chi connectivity index (χ4n) is 1.57. The summed E-state index contributed by atoms with van der Waals surface area (Å²) in [4.78, 5) is 7.36. The van der Waals surface area contributed by atoms with E-state index in [0.29, 0.717) is 6.54 Å². The molecule has 86 valence electrons. The molecular weight excluding hydrogens is 270 g/mol. The molecule has 4 nitrogen and oxygen atoms in total. The number of H-pyrrole nitrogens is 1. The number of imidazole rings is 1. The Morgan fingerprint density at radius 2 is 2.44 bits per heavy atom. The van der Waals surface area contributed by atoms with Crippen LogP contribution in [0.1, 0.15) is 31.0 Å². The number of nitrogens with zero attached hydrogens (tertiary/aromatic N) is 1. The summed E-state index contributed by atoms with van der Waals surface area (Å²) in [7, 11) is 0. The maximum absolute atomic E-state index is 5.42. The van der Waals surface area contributed by atoms with Gasteiger partial charge in [-0.15, -0.1) is 0 Å². The summed E-state index contributed by atoms with van der Waals surface area (Å²) in [5.74, 6) is 1.88. The predicted molar refractivity (Wildman–Crippen MR) is 64.9 cm³/mol. The summed E-state index contributed by atoms with van der Waals surface area (Å²) in [6.07, 6.45) is 4.59. The predicted octanol–water partition coefficient (Wildman–Crippen LogP) is 3.01. The summed E-state index contributed by atoms with van der Waals surface area (Å²) in [5.41, 5.74) is 0. The number of hydrogen-bond acceptors (Lipinski definition) is 3. The molecule has 2 rings (SSSR count). The van der Waals surface area contributed by atoms with Gasteiger partial charge in [-0.3, -0.25) is 0 Å². The van der Waals surface area contributed by atoms with Gasteiger partial charge in [-0.2, -0.15) is 0 Å². The van der Waals surface area contributed by atoms with E-state index in [1.54, 1.807) is 6.20 Å². The molecule has 2 aromatic heterocycles. The average Bonchev–Trinajstić information content (AvgIpc) is 2.91. The second kappa shape index (κ2) is 5.32. The quantitative estimate of drug-likeness (QED) is 0.887. The number of hydrogen-bond donors (Lipinski definition) is 2. The van der Waals surface area contributed by atoms with Crippen molar-refractivity contribution in [3.05, 3.63) is 40.8 Å². The minimum absolute atomic E-state index is 0.235. The van der Waals surface area contributed by atoms with Crippen molar-refractivity contribution in [2.75, 3.05) is 0 Å². The molecular formula is C11H14BrN3O. The highest BCUT2D eigenvalue weighted by molar-refractivity contribution is 9.10. The van der Waals surface area contributed by atoms with Crippen LogP contribution in [0, 0.1) is 0 Å². The normalized spacial score (nSPS) is 12.9. The van der Waals surface area contributed by atoms with Crippen LogP contribution in [0.15, 0.2) is 33.6 Å². The Bertz CT molecular complexity index is 424. The molecule has 0 spiro atoms. The zero-order valence-electron chi connectivity index (χ0n) is 9.03. The summed E-state index contributed by atoms with van der Waals surface area (Å²) in [6, 6.07) is 4.08. The number of aromatic nitrogens is 2. The first-order valence-electron chi connectivity index (χ1n) is 5.26. The lowest BCUT2D eigenvalue weighted by Crippen LogP contribution is -2.21. The van der Waals surface area contributed by atoms with Crippen LogP contribution in [-0.2, 0) is 6.54 Å². The van der Waals surface area contributed by atoms with Crippen LogP contribution in [0.3, 0.4) is 0 Å². The van der Waals surface area contributed by atoms with E-state index in [2.05, 4.69) is 38.1 Å². The summed E-state index contributed by atoms with van der Waals surface area (Å²) >= 11 is 3.28. The fourth-order valence-corrected chi connectivity index (χ4v) is 1.91. The number of halogens is 1. The molecule has 0 aliphatic carbocycles. The lowest BCUT2D eigenvalue weighted by atomic mass is 10.2. The van der Waals surface area contributed by atoms with Crippen molar-refractivity contribution < 1.29 is 4.42 Å². The van der Waals surface area contributed by atoms with Gasteiger partial charge in [0.05, 0.1) is 12.6 Å². The zero-order valence-corrected chi connectivity index (χ0v) is 10.6. The molecule has 0 radical (unpaired) electrons. The van der Waals surface area contributed by atoms with Crippen LogP contribution in [0.4, 0.5) is 0 Å². The van der Waals surface area contributed by atoms with Gasteiger partial charge in [0.2, 0.25) is 0 Å². The average molecular weight is 284 g/mol. The molecule has 2 heterocycles. The van der Waals surface area contributed by atoms with Gasteiger partial charge in [0.1, 0.15) is 11.6 Å². The van der Waals surface area contributed by atoms with E-state index in [9.17, 15) is 0 Å². The minimum atomic E-state index is 0.235. The molecule has 0 aromatic carbocycles. The third-order valence-electron chi connectivity index (χ3n) is 2.41. The first-order valence-corrected chi connectivity index (χ1v) is 6.05. The molecule has 2 aromatic rings. The standard InChI is InChI=1S/C11H14BrN3O/c1-2-9(11-13-5-6-14-11)15-7-8-3-4-10(12)16-8/h3-6,9,15H,2,7H2,1H3,(H,13,14). The lowest BCUT2D eigenvalue weighted by molar-refractivity contribution is 0.425. The van der Waals surface area contributed by atoms with Gasteiger partial charge < -0.3 is 14.7 Å². The van der Waals surface area contributed by atoms with Gasteiger partial charge in [-0.1, -0.05) is 6.92 Å². The maximum Gasteiger partial charge on any atom is 0.169 e. The van der Waals surface area contributed by atoms with Gasteiger partial charge >= 0.3 is 0 Å². The molecule has 0 amide bonds. The highest BCUT2D eigenvalue weighted by Crippen LogP contribution is 2.16. The van der Waals surface area contributed by atoms with Crippen molar-refractivity contribution in [1.29, 1.82) is 0 Å². The summed E-state index contributed by atoms with van der Waals surface area (Å²) in [6.45, 7) is 2.82. The van der Waals surface area contributed by atoms with E-state index in [1.165, 1.54) is 0 Å². The molecule has 0 aliphatic heterocycles. The van der Waals surface area contributed by atoms with Gasteiger partial charge in [0, 0.05) is 12.4 Å². The molecule has 0 bridgehead atoms. The third kappa shape index (κ3) is 2.74. The van der Waals surface area contributed by atoms with E-state index < -0.39 is 0 Å². The van der Waals surface area contributed by atoms with Crippen molar-refractivity contribution in [3.63, 3.8) is 0 Å². The Hall–Kier alpha value is -1.07. The first-order chi connectivity index (χ1) is 7.79. The molecule has 0 saturated heterocycles. The lowest BCUT2D eigenvalue weighted by Gasteiger charge is -2.13. The van der Waals surface area contributed by atoms with Crippen LogP contribution in [0.2, 0.25) is 0 Å². The third-order valence-corrected chi connectivity index (χ3v) is 2.84. The van der Waals surface area contributed by atoms with Gasteiger partial charge in [-0.25, -0.2) is 4.98 Å². The highest BCUT2D eigenvalue weighted by atomic mass is 79.9. The van der Waals surface area contributed by atoms with Crippen LogP contribution in [0.5, 0.6) is 0 Å². The van der Waals surface area contributed by atoms with E-state index in [1.807, 2.05) is 18.3 Å². The smallest absolute Gasteiger partial charge is 0.169 e. The molecule has 0 saturated carbocycles. The van der Waals surface area contributed by atoms with Crippen LogP contribution in [-0.4, -0.2) is 9.97 Å². The second-order valence-electron chi connectivity index (χ2n) is 3.52. The Morgan fingerprint density at radius 1 is 1.56 bits per heavy atom. The maximum atomic E-state index is 5.42. The van der Waals surface area contributed by atoms with Gasteiger partial charge in [0.15, 0.2) is 4.67 Å². The topological polar surface area (TPSA) is 53.9 Å². The van der Waals surface area contributed by atoms with Crippen molar-refractivity contribution >= 4 is 15.9 Å². The van der Waals surface area contributed by atoms with E-state index in [0.717, 1.165) is 22.7 Å². The molecule has 1 unspecified atom stereocenters. The van der Waals surface area contributed by atoms with E-state index >= 15 is 0 Å². The summed E-state index contributed by atoms with van der Waals surface area (Å²) in [5, 5.41) is 3.39. The SMILES string of the molecule is CCC(NCc1ccc(Br)o1)c1ncc[nH]1. The zero-order chi connectivity index (χ0) is 11.4. The number of rotatable bonds is 5. The van der Waals surface area contributed by atoms with Crippen molar-refractivity contribution in [3.8, 4) is 0 Å². The first kappa shape index (κ1) is 11.4. The Labute approximate surface area is 103 Å². The van der Waals surface area contributed by atoms with Crippen LogP contribution < -0.4 is 5.32 Å².